The number of aliphatic hydroxyl groups is 1. The summed E-state index contributed by atoms with van der Waals surface area (Å²) in [6.45, 7) is 2.00. The van der Waals surface area contributed by atoms with Gasteiger partial charge in [-0.25, -0.2) is 0 Å². The van der Waals surface area contributed by atoms with Crippen molar-refractivity contribution in [3.05, 3.63) is 52.3 Å². The highest BCUT2D eigenvalue weighted by atomic mass is 79.9. The van der Waals surface area contributed by atoms with E-state index in [1.165, 1.54) is 0 Å². The molecule has 1 aromatic carbocycles. The van der Waals surface area contributed by atoms with E-state index in [1.54, 1.807) is 10.9 Å². The molecule has 0 radical (unpaired) electrons. The van der Waals surface area contributed by atoms with Crippen molar-refractivity contribution in [3.63, 3.8) is 0 Å². The average Bonchev–Trinajstić information content (AvgIpc) is 2.74. The quantitative estimate of drug-likeness (QED) is 0.943. The molecular formula is C14H17BrN2O. The van der Waals surface area contributed by atoms with E-state index in [9.17, 15) is 5.11 Å². The standard InChI is InChI=1S/C14H17BrN2O/c1-3-14(18,8-11-9-16-17(2)10-11)12-5-4-6-13(15)7-12/h4-7,9-10,18H,3,8H2,1-2H3. The molecule has 0 aliphatic heterocycles. The molecule has 3 nitrogen and oxygen atoms in total. The summed E-state index contributed by atoms with van der Waals surface area (Å²) in [4.78, 5) is 0. The van der Waals surface area contributed by atoms with Gasteiger partial charge in [0.2, 0.25) is 0 Å². The summed E-state index contributed by atoms with van der Waals surface area (Å²) in [6.07, 6.45) is 4.99. The van der Waals surface area contributed by atoms with E-state index in [0.717, 1.165) is 15.6 Å². The highest BCUT2D eigenvalue weighted by Crippen LogP contribution is 2.30. The first-order chi connectivity index (χ1) is 8.53. The Morgan fingerprint density at radius 2 is 2.22 bits per heavy atom. The molecule has 4 heteroatoms. The SMILES string of the molecule is CCC(O)(Cc1cnn(C)c1)c1cccc(Br)c1. The molecule has 0 aliphatic rings. The molecule has 0 saturated heterocycles. The van der Waals surface area contributed by atoms with Gasteiger partial charge >= 0.3 is 0 Å². The maximum absolute atomic E-state index is 10.8. The Hall–Kier alpha value is -1.13. The monoisotopic (exact) mass is 308 g/mol. The summed E-state index contributed by atoms with van der Waals surface area (Å²) in [5.74, 6) is 0. The molecule has 96 valence electrons. The van der Waals surface area contributed by atoms with Crippen LogP contribution in [0.3, 0.4) is 0 Å². The first-order valence-electron chi connectivity index (χ1n) is 5.99. The lowest BCUT2D eigenvalue weighted by Crippen LogP contribution is -2.27. The molecule has 0 aliphatic carbocycles. The Balaban J connectivity index is 2.30. The number of rotatable bonds is 4. The molecule has 1 atom stereocenters. The van der Waals surface area contributed by atoms with Crippen LogP contribution in [0.1, 0.15) is 24.5 Å². The van der Waals surface area contributed by atoms with Crippen molar-refractivity contribution >= 4 is 15.9 Å². The fourth-order valence-corrected chi connectivity index (χ4v) is 2.51. The van der Waals surface area contributed by atoms with Crippen LogP contribution in [0, 0.1) is 0 Å². The minimum Gasteiger partial charge on any atom is -0.385 e. The minimum atomic E-state index is -0.840. The van der Waals surface area contributed by atoms with Gasteiger partial charge in [0.05, 0.1) is 11.8 Å². The van der Waals surface area contributed by atoms with Gasteiger partial charge in [0.1, 0.15) is 0 Å². The van der Waals surface area contributed by atoms with Crippen LogP contribution in [-0.4, -0.2) is 14.9 Å². The van der Waals surface area contributed by atoms with Crippen molar-refractivity contribution in [1.29, 1.82) is 0 Å². The molecular weight excluding hydrogens is 292 g/mol. The highest BCUT2D eigenvalue weighted by molar-refractivity contribution is 9.10. The summed E-state index contributed by atoms with van der Waals surface area (Å²) in [6, 6.07) is 7.84. The maximum Gasteiger partial charge on any atom is 0.0935 e. The predicted octanol–water partition coefficient (Wildman–Crippen LogP) is 3.02. The largest absolute Gasteiger partial charge is 0.385 e. The van der Waals surface area contributed by atoms with Crippen LogP contribution < -0.4 is 0 Å². The van der Waals surface area contributed by atoms with Gasteiger partial charge in [0.25, 0.3) is 0 Å². The Bertz CT molecular complexity index is 538. The predicted molar refractivity (Wildman–Crippen MR) is 75.2 cm³/mol. The number of halogens is 1. The Kier molecular flexibility index (Phi) is 3.88. The van der Waals surface area contributed by atoms with Crippen LogP contribution in [0.2, 0.25) is 0 Å². The van der Waals surface area contributed by atoms with Crippen molar-refractivity contribution in [2.45, 2.75) is 25.4 Å². The molecule has 0 spiro atoms. The van der Waals surface area contributed by atoms with E-state index in [1.807, 2.05) is 44.4 Å². The summed E-state index contributed by atoms with van der Waals surface area (Å²) >= 11 is 3.45. The summed E-state index contributed by atoms with van der Waals surface area (Å²) in [5, 5.41) is 15.0. The van der Waals surface area contributed by atoms with Gasteiger partial charge in [-0.05, 0) is 29.7 Å². The Labute approximate surface area is 116 Å². The number of hydrogen-bond donors (Lipinski definition) is 1. The molecule has 0 fully saturated rings. The fourth-order valence-electron chi connectivity index (χ4n) is 2.11. The maximum atomic E-state index is 10.8. The lowest BCUT2D eigenvalue weighted by molar-refractivity contribution is 0.0326. The second kappa shape index (κ2) is 5.24. The molecule has 0 bridgehead atoms. The minimum absolute atomic E-state index is 0.577. The van der Waals surface area contributed by atoms with E-state index in [-0.39, 0.29) is 0 Å². The van der Waals surface area contributed by atoms with Crippen molar-refractivity contribution in [2.75, 3.05) is 0 Å². The van der Waals surface area contributed by atoms with Gasteiger partial charge in [-0.3, -0.25) is 4.68 Å². The third-order valence-electron chi connectivity index (χ3n) is 3.20. The normalized spacial score (nSPS) is 14.4. The van der Waals surface area contributed by atoms with E-state index in [4.69, 9.17) is 0 Å². The number of nitrogens with zero attached hydrogens (tertiary/aromatic N) is 2. The Morgan fingerprint density at radius 1 is 1.44 bits per heavy atom. The number of benzene rings is 1. The number of aromatic nitrogens is 2. The van der Waals surface area contributed by atoms with Gasteiger partial charge < -0.3 is 5.11 Å². The van der Waals surface area contributed by atoms with Crippen molar-refractivity contribution < 1.29 is 5.11 Å². The molecule has 2 rings (SSSR count). The zero-order valence-electron chi connectivity index (χ0n) is 10.6. The first kappa shape index (κ1) is 13.3. The zero-order chi connectivity index (χ0) is 13.2. The molecule has 0 amide bonds. The van der Waals surface area contributed by atoms with Crippen LogP contribution in [0.5, 0.6) is 0 Å². The highest BCUT2D eigenvalue weighted by Gasteiger charge is 2.28. The molecule has 1 aromatic heterocycles. The van der Waals surface area contributed by atoms with Gasteiger partial charge in [-0.1, -0.05) is 35.0 Å². The van der Waals surface area contributed by atoms with Crippen LogP contribution in [0.4, 0.5) is 0 Å². The summed E-state index contributed by atoms with van der Waals surface area (Å²) < 4.78 is 2.74. The molecule has 18 heavy (non-hydrogen) atoms. The third-order valence-corrected chi connectivity index (χ3v) is 3.70. The van der Waals surface area contributed by atoms with Crippen LogP contribution >= 0.6 is 15.9 Å². The molecule has 0 saturated carbocycles. The summed E-state index contributed by atoms with van der Waals surface area (Å²) in [7, 11) is 1.88. The van der Waals surface area contributed by atoms with Crippen molar-refractivity contribution in [1.82, 2.24) is 9.78 Å². The first-order valence-corrected chi connectivity index (χ1v) is 6.79. The number of aryl methyl sites for hydroxylation is 1. The Morgan fingerprint density at radius 3 is 2.78 bits per heavy atom. The second-order valence-electron chi connectivity index (χ2n) is 4.59. The van der Waals surface area contributed by atoms with Crippen molar-refractivity contribution in [3.8, 4) is 0 Å². The molecule has 1 unspecified atom stereocenters. The average molecular weight is 309 g/mol. The summed E-state index contributed by atoms with van der Waals surface area (Å²) in [5.41, 5.74) is 1.14. The van der Waals surface area contributed by atoms with Crippen molar-refractivity contribution in [2.24, 2.45) is 7.05 Å². The molecule has 2 aromatic rings. The van der Waals surface area contributed by atoms with Gasteiger partial charge in [-0.15, -0.1) is 0 Å². The molecule has 1 heterocycles. The third kappa shape index (κ3) is 2.82. The van der Waals surface area contributed by atoms with Gasteiger partial charge in [-0.2, -0.15) is 5.10 Å². The van der Waals surface area contributed by atoms with E-state index in [0.29, 0.717) is 12.8 Å². The lowest BCUT2D eigenvalue weighted by Gasteiger charge is -2.27. The topological polar surface area (TPSA) is 38.1 Å². The van der Waals surface area contributed by atoms with E-state index in [2.05, 4.69) is 21.0 Å². The smallest absolute Gasteiger partial charge is 0.0935 e. The lowest BCUT2D eigenvalue weighted by atomic mass is 9.86. The number of hydrogen-bond acceptors (Lipinski definition) is 2. The van der Waals surface area contributed by atoms with E-state index >= 15 is 0 Å². The van der Waals surface area contributed by atoms with Crippen LogP contribution in [0.25, 0.3) is 0 Å². The fraction of sp³-hybridized carbons (Fsp3) is 0.357. The van der Waals surface area contributed by atoms with Gasteiger partial charge in [0, 0.05) is 24.1 Å². The van der Waals surface area contributed by atoms with Gasteiger partial charge in [0.15, 0.2) is 0 Å². The second-order valence-corrected chi connectivity index (χ2v) is 5.51. The van der Waals surface area contributed by atoms with E-state index < -0.39 is 5.60 Å². The molecule has 1 N–H and O–H groups in total. The van der Waals surface area contributed by atoms with Crippen LogP contribution in [0.15, 0.2) is 41.1 Å². The van der Waals surface area contributed by atoms with Crippen LogP contribution in [-0.2, 0) is 19.1 Å². The zero-order valence-corrected chi connectivity index (χ0v) is 12.2.